The van der Waals surface area contributed by atoms with Gasteiger partial charge in [0.2, 0.25) is 5.85 Å². The molecule has 0 aromatic rings. The van der Waals surface area contributed by atoms with Crippen LogP contribution in [0.1, 0.15) is 33.1 Å². The van der Waals surface area contributed by atoms with E-state index in [0.717, 1.165) is 11.5 Å². The highest BCUT2D eigenvalue weighted by Crippen LogP contribution is 2.54. The molecule has 0 fully saturated rings. The molecule has 0 spiro atoms. The van der Waals surface area contributed by atoms with E-state index in [4.69, 9.17) is 25.0 Å². The van der Waals surface area contributed by atoms with E-state index in [1.54, 1.807) is 13.8 Å². The largest absolute Gasteiger partial charge is 0.368 e. The number of carbonyl (C=O) groups excluding carboxylic acids is 1. The van der Waals surface area contributed by atoms with Gasteiger partial charge < -0.3 is 13.8 Å². The molecule has 0 aliphatic rings. The fourth-order valence-electron chi connectivity index (χ4n) is 1.60. The molecule has 1 amide bonds. The van der Waals surface area contributed by atoms with Gasteiger partial charge in [-0.15, -0.1) is 12.3 Å². The Morgan fingerprint density at radius 2 is 1.86 bits per heavy atom. The number of nitrogens with zero attached hydrogens (tertiary/aromatic N) is 1. The third-order valence-corrected chi connectivity index (χ3v) is 4.87. The Hall–Kier alpha value is -0.900. The van der Waals surface area contributed by atoms with Crippen LogP contribution in [0.25, 0.3) is 0 Å². The van der Waals surface area contributed by atoms with Crippen molar-refractivity contribution in [2.24, 2.45) is 0 Å². The van der Waals surface area contributed by atoms with Gasteiger partial charge >= 0.3 is 7.60 Å². The van der Waals surface area contributed by atoms with Crippen molar-refractivity contribution in [3.05, 3.63) is 0 Å². The fraction of sp³-hybridized carbons (Fsp3) is 0.786. The number of terminal acetylenes is 1. The fourth-order valence-corrected chi connectivity index (χ4v) is 3.39. The molecule has 22 heavy (non-hydrogen) atoms. The summed E-state index contributed by atoms with van der Waals surface area (Å²) in [6.07, 6.45) is 7.19. The highest BCUT2D eigenvalue weighted by Gasteiger charge is 2.44. The minimum absolute atomic E-state index is 0.137. The lowest BCUT2D eigenvalue weighted by atomic mass is 10.2. The Balaban J connectivity index is 5.01. The molecule has 0 aliphatic carbocycles. The molecule has 0 rings (SSSR count). The van der Waals surface area contributed by atoms with Crippen molar-refractivity contribution in [1.29, 1.82) is 0 Å². The minimum Gasteiger partial charge on any atom is -0.357 e. The van der Waals surface area contributed by atoms with Crippen LogP contribution in [-0.4, -0.2) is 50.8 Å². The number of hydrogen-bond donors (Lipinski definition) is 0. The average Bonchev–Trinajstić information content (AvgIpc) is 2.49. The molecule has 0 aromatic heterocycles. The number of carbonyl (C=O) groups is 1. The maximum absolute atomic E-state index is 12.8. The van der Waals surface area contributed by atoms with Gasteiger partial charge in [-0.3, -0.25) is 14.2 Å². The summed E-state index contributed by atoms with van der Waals surface area (Å²) in [5.41, 5.74) is 0. The summed E-state index contributed by atoms with van der Waals surface area (Å²) in [5, 5.41) is 0.941. The standard InChI is InChI=1S/C14H26NO6P/c1-6-9-10-11-12-19-14(13(16)15(4)18-5)22(17,20-7-2)21-8-3/h1,14H,7-12H2,2-5H3. The summed E-state index contributed by atoms with van der Waals surface area (Å²) in [6.45, 7) is 3.83. The van der Waals surface area contributed by atoms with E-state index in [2.05, 4.69) is 5.92 Å². The predicted molar refractivity (Wildman–Crippen MR) is 83.1 cm³/mol. The molecule has 7 nitrogen and oxygen atoms in total. The lowest BCUT2D eigenvalue weighted by Crippen LogP contribution is -2.38. The van der Waals surface area contributed by atoms with Gasteiger partial charge in [-0.25, -0.2) is 5.06 Å². The van der Waals surface area contributed by atoms with Crippen molar-refractivity contribution in [1.82, 2.24) is 5.06 Å². The summed E-state index contributed by atoms with van der Waals surface area (Å²) in [5.74, 6) is 0.543. The molecule has 0 radical (unpaired) electrons. The van der Waals surface area contributed by atoms with Gasteiger partial charge in [0.1, 0.15) is 0 Å². The number of likely N-dealkylation sites (N-methyl/N-ethyl adjacent to an activating group) is 1. The zero-order valence-electron chi connectivity index (χ0n) is 13.7. The van der Waals surface area contributed by atoms with E-state index in [-0.39, 0.29) is 19.8 Å². The van der Waals surface area contributed by atoms with Crippen LogP contribution in [0.2, 0.25) is 0 Å². The van der Waals surface area contributed by atoms with Crippen LogP contribution in [0.15, 0.2) is 0 Å². The zero-order valence-corrected chi connectivity index (χ0v) is 14.6. The van der Waals surface area contributed by atoms with E-state index in [0.29, 0.717) is 12.8 Å². The quantitative estimate of drug-likeness (QED) is 0.236. The molecule has 128 valence electrons. The van der Waals surface area contributed by atoms with Crippen molar-refractivity contribution in [3.8, 4) is 12.3 Å². The van der Waals surface area contributed by atoms with Crippen molar-refractivity contribution in [2.75, 3.05) is 34.0 Å². The number of rotatable bonds is 12. The van der Waals surface area contributed by atoms with Crippen molar-refractivity contribution in [2.45, 2.75) is 39.0 Å². The summed E-state index contributed by atoms with van der Waals surface area (Å²) in [6, 6.07) is 0. The Kier molecular flexibility index (Phi) is 11.2. The summed E-state index contributed by atoms with van der Waals surface area (Å²) < 4.78 is 28.7. The topological polar surface area (TPSA) is 74.3 Å². The van der Waals surface area contributed by atoms with E-state index >= 15 is 0 Å². The van der Waals surface area contributed by atoms with E-state index in [9.17, 15) is 9.36 Å². The molecule has 1 unspecified atom stereocenters. The van der Waals surface area contributed by atoms with E-state index in [1.165, 1.54) is 14.2 Å². The summed E-state index contributed by atoms with van der Waals surface area (Å²) >= 11 is 0. The van der Waals surface area contributed by atoms with Crippen LogP contribution in [0, 0.1) is 12.3 Å². The van der Waals surface area contributed by atoms with Crippen molar-refractivity contribution >= 4 is 13.5 Å². The Morgan fingerprint density at radius 1 is 1.27 bits per heavy atom. The smallest absolute Gasteiger partial charge is 0.357 e. The second-order valence-electron chi connectivity index (χ2n) is 4.28. The number of hydrogen-bond acceptors (Lipinski definition) is 6. The first-order valence-corrected chi connectivity index (χ1v) is 8.83. The van der Waals surface area contributed by atoms with Crippen LogP contribution in [0.5, 0.6) is 0 Å². The van der Waals surface area contributed by atoms with Gasteiger partial charge in [0.25, 0.3) is 5.91 Å². The Bertz CT molecular complexity index is 399. The molecular formula is C14H26NO6P. The molecule has 1 atom stereocenters. The van der Waals surface area contributed by atoms with Crippen molar-refractivity contribution in [3.63, 3.8) is 0 Å². The summed E-state index contributed by atoms with van der Waals surface area (Å²) in [7, 11) is -1.01. The molecule has 0 N–H and O–H groups in total. The second-order valence-corrected chi connectivity index (χ2v) is 6.34. The van der Waals surface area contributed by atoms with Crippen LogP contribution in [0.4, 0.5) is 0 Å². The predicted octanol–water partition coefficient (Wildman–Crippen LogP) is 2.42. The first kappa shape index (κ1) is 21.1. The first-order valence-electron chi connectivity index (χ1n) is 7.22. The molecule has 0 bridgehead atoms. The van der Waals surface area contributed by atoms with Crippen molar-refractivity contribution < 1.29 is 28.0 Å². The third kappa shape index (κ3) is 6.91. The van der Waals surface area contributed by atoms with E-state index < -0.39 is 19.3 Å². The summed E-state index contributed by atoms with van der Waals surface area (Å²) in [4.78, 5) is 17.1. The van der Waals surface area contributed by atoms with Gasteiger partial charge in [0, 0.05) is 20.1 Å². The molecule has 0 saturated heterocycles. The number of unbranched alkanes of at least 4 members (excludes halogenated alkanes) is 2. The van der Waals surface area contributed by atoms with Gasteiger partial charge in [-0.05, 0) is 26.7 Å². The van der Waals surface area contributed by atoms with Crippen LogP contribution < -0.4 is 0 Å². The number of hydroxylamine groups is 2. The van der Waals surface area contributed by atoms with Gasteiger partial charge in [0.05, 0.1) is 20.3 Å². The Labute approximate surface area is 132 Å². The number of ether oxygens (including phenoxy) is 1. The molecule has 0 aromatic carbocycles. The van der Waals surface area contributed by atoms with E-state index in [1.807, 2.05) is 0 Å². The average molecular weight is 335 g/mol. The molecule has 0 saturated carbocycles. The maximum atomic E-state index is 12.8. The van der Waals surface area contributed by atoms with Crippen LogP contribution >= 0.6 is 7.60 Å². The highest BCUT2D eigenvalue weighted by molar-refractivity contribution is 7.55. The Morgan fingerprint density at radius 3 is 2.32 bits per heavy atom. The molecule has 0 heterocycles. The molecule has 0 aliphatic heterocycles. The second kappa shape index (κ2) is 11.6. The van der Waals surface area contributed by atoms with Crippen LogP contribution in [-0.2, 0) is 28.0 Å². The zero-order chi connectivity index (χ0) is 17.0. The van der Waals surface area contributed by atoms with Crippen LogP contribution in [0.3, 0.4) is 0 Å². The van der Waals surface area contributed by atoms with Gasteiger partial charge in [-0.1, -0.05) is 0 Å². The maximum Gasteiger partial charge on any atom is 0.368 e. The lowest BCUT2D eigenvalue weighted by molar-refractivity contribution is -0.177. The minimum atomic E-state index is -3.74. The monoisotopic (exact) mass is 335 g/mol. The molecule has 8 heteroatoms. The molecular weight excluding hydrogens is 309 g/mol. The normalized spacial score (nSPS) is 12.7. The van der Waals surface area contributed by atoms with Gasteiger partial charge in [-0.2, -0.15) is 0 Å². The number of amides is 1. The SMILES string of the molecule is C#CCCCCOC(C(=O)N(C)OC)P(=O)(OCC)OCC. The highest BCUT2D eigenvalue weighted by atomic mass is 31.2. The first-order chi connectivity index (χ1) is 10.5. The third-order valence-electron chi connectivity index (χ3n) is 2.69. The van der Waals surface area contributed by atoms with Gasteiger partial charge in [0.15, 0.2) is 0 Å². The lowest BCUT2D eigenvalue weighted by Gasteiger charge is -2.27.